The number of halogens is 2. The van der Waals surface area contributed by atoms with E-state index in [1.807, 2.05) is 6.07 Å². The van der Waals surface area contributed by atoms with Gasteiger partial charge in [-0.25, -0.2) is 8.78 Å². The first-order valence-corrected chi connectivity index (χ1v) is 9.52. The molecule has 1 fully saturated rings. The first kappa shape index (κ1) is 19.4. The van der Waals surface area contributed by atoms with E-state index in [1.165, 1.54) is 6.07 Å². The second kappa shape index (κ2) is 8.52. The Kier molecular flexibility index (Phi) is 6.11. The van der Waals surface area contributed by atoms with Gasteiger partial charge in [-0.1, -0.05) is 30.3 Å². The number of carbonyl (C=O) groups excluding carboxylic acids is 1. The van der Waals surface area contributed by atoms with Gasteiger partial charge < -0.3 is 10.0 Å². The minimum absolute atomic E-state index is 0.194. The number of carboxylic acid groups (broad SMARTS) is 1. The van der Waals surface area contributed by atoms with E-state index in [9.17, 15) is 18.4 Å². The van der Waals surface area contributed by atoms with E-state index in [1.54, 1.807) is 29.2 Å². The van der Waals surface area contributed by atoms with E-state index in [0.29, 0.717) is 25.9 Å². The van der Waals surface area contributed by atoms with E-state index in [0.717, 1.165) is 29.5 Å². The number of piperidine rings is 1. The monoisotopic (exact) mass is 391 g/mol. The molecule has 1 aliphatic rings. The molecule has 0 bridgehead atoms. The summed E-state index contributed by atoms with van der Waals surface area (Å²) >= 11 is 1.04. The maximum Gasteiger partial charge on any atom is 0.306 e. The summed E-state index contributed by atoms with van der Waals surface area (Å²) in [4.78, 5) is 26.1. The highest BCUT2D eigenvalue weighted by Crippen LogP contribution is 2.38. The molecule has 3 rings (SSSR count). The van der Waals surface area contributed by atoms with Gasteiger partial charge in [0.2, 0.25) is 5.91 Å². The van der Waals surface area contributed by atoms with Crippen LogP contribution in [0.1, 0.15) is 23.7 Å². The van der Waals surface area contributed by atoms with Crippen molar-refractivity contribution in [2.75, 3.05) is 13.1 Å². The molecule has 7 heteroatoms. The Bertz CT molecular complexity index is 823. The molecule has 142 valence electrons. The van der Waals surface area contributed by atoms with Crippen LogP contribution in [0.3, 0.4) is 0 Å². The van der Waals surface area contributed by atoms with E-state index in [4.69, 9.17) is 5.11 Å². The molecular weight excluding hydrogens is 372 g/mol. The number of carboxylic acids is 1. The Morgan fingerprint density at radius 1 is 1.07 bits per heavy atom. The molecule has 4 nitrogen and oxygen atoms in total. The molecule has 1 amide bonds. The maximum absolute atomic E-state index is 14.1. The van der Waals surface area contributed by atoms with Gasteiger partial charge in [-0.15, -0.1) is 11.8 Å². The minimum Gasteiger partial charge on any atom is -0.481 e. The summed E-state index contributed by atoms with van der Waals surface area (Å²) in [5.41, 5.74) is 0.719. The maximum atomic E-state index is 14.1. The summed E-state index contributed by atoms with van der Waals surface area (Å²) in [7, 11) is 0. The van der Waals surface area contributed by atoms with Gasteiger partial charge >= 0.3 is 5.97 Å². The molecule has 0 saturated carbocycles. The highest BCUT2D eigenvalue weighted by atomic mass is 32.2. The SMILES string of the molecule is O=C(O)C1CCN(C(=O)C(Sc2ccc(F)cc2F)c2ccccc2)CC1. The molecule has 27 heavy (non-hydrogen) atoms. The number of rotatable bonds is 5. The Morgan fingerprint density at radius 2 is 1.74 bits per heavy atom. The number of aliphatic carboxylic acids is 1. The molecule has 0 spiro atoms. The van der Waals surface area contributed by atoms with Gasteiger partial charge in [-0.2, -0.15) is 0 Å². The zero-order valence-electron chi connectivity index (χ0n) is 14.5. The summed E-state index contributed by atoms with van der Waals surface area (Å²) in [5.74, 6) is -2.86. The number of likely N-dealkylation sites (tertiary alicyclic amines) is 1. The molecule has 0 radical (unpaired) electrons. The van der Waals surface area contributed by atoms with Crippen molar-refractivity contribution in [3.63, 3.8) is 0 Å². The van der Waals surface area contributed by atoms with E-state index >= 15 is 0 Å². The topological polar surface area (TPSA) is 57.6 Å². The van der Waals surface area contributed by atoms with Gasteiger partial charge in [0, 0.05) is 24.1 Å². The number of thioether (sulfide) groups is 1. The Hall–Kier alpha value is -2.41. The smallest absolute Gasteiger partial charge is 0.306 e. The summed E-state index contributed by atoms with van der Waals surface area (Å²) < 4.78 is 27.3. The fraction of sp³-hybridized carbons (Fsp3) is 0.300. The Labute approximate surface area is 160 Å². The number of nitrogens with zero attached hydrogens (tertiary/aromatic N) is 1. The normalized spacial score (nSPS) is 16.1. The molecule has 1 saturated heterocycles. The van der Waals surface area contributed by atoms with Crippen molar-refractivity contribution in [2.24, 2.45) is 5.92 Å². The summed E-state index contributed by atoms with van der Waals surface area (Å²) in [5, 5.41) is 8.43. The number of carbonyl (C=O) groups is 2. The van der Waals surface area contributed by atoms with Crippen LogP contribution in [0.5, 0.6) is 0 Å². The van der Waals surface area contributed by atoms with Crippen LogP contribution in [0.4, 0.5) is 8.78 Å². The fourth-order valence-electron chi connectivity index (χ4n) is 3.10. The molecule has 1 atom stereocenters. The molecule has 0 aliphatic carbocycles. The third kappa shape index (κ3) is 4.66. The predicted molar refractivity (Wildman–Crippen MR) is 98.3 cm³/mol. The number of benzene rings is 2. The van der Waals surface area contributed by atoms with Crippen molar-refractivity contribution < 1.29 is 23.5 Å². The molecule has 1 N–H and O–H groups in total. The Morgan fingerprint density at radius 3 is 2.33 bits per heavy atom. The van der Waals surface area contributed by atoms with Crippen molar-refractivity contribution >= 4 is 23.6 Å². The van der Waals surface area contributed by atoms with Crippen molar-refractivity contribution in [1.29, 1.82) is 0 Å². The zero-order valence-corrected chi connectivity index (χ0v) is 15.3. The molecular formula is C20H19F2NO3S. The van der Waals surface area contributed by atoms with Gasteiger partial charge in [0.25, 0.3) is 0 Å². The predicted octanol–water partition coefficient (Wildman–Crippen LogP) is 4.12. The van der Waals surface area contributed by atoms with Crippen LogP contribution in [0, 0.1) is 17.6 Å². The molecule has 2 aromatic rings. The number of hydrogen-bond acceptors (Lipinski definition) is 3. The second-order valence-electron chi connectivity index (χ2n) is 6.42. The first-order chi connectivity index (χ1) is 13.0. The van der Waals surface area contributed by atoms with Crippen LogP contribution < -0.4 is 0 Å². The summed E-state index contributed by atoms with van der Waals surface area (Å²) in [6, 6.07) is 12.3. The van der Waals surface area contributed by atoms with Crippen molar-refractivity contribution in [1.82, 2.24) is 4.90 Å². The fourth-order valence-corrected chi connectivity index (χ4v) is 4.21. The summed E-state index contributed by atoms with van der Waals surface area (Å²) in [6.45, 7) is 0.706. The largest absolute Gasteiger partial charge is 0.481 e. The molecule has 1 unspecified atom stereocenters. The lowest BCUT2D eigenvalue weighted by Crippen LogP contribution is -2.42. The van der Waals surface area contributed by atoms with Gasteiger partial charge in [-0.3, -0.25) is 9.59 Å². The van der Waals surface area contributed by atoms with Crippen LogP contribution in [0.2, 0.25) is 0 Å². The van der Waals surface area contributed by atoms with E-state index in [2.05, 4.69) is 0 Å². The third-order valence-electron chi connectivity index (χ3n) is 4.62. The standard InChI is InChI=1S/C20H19F2NO3S/c21-15-6-7-17(16(22)12-15)27-18(13-4-2-1-3-5-13)19(24)23-10-8-14(9-11-23)20(25)26/h1-7,12,14,18H,8-11H2,(H,25,26). The van der Waals surface area contributed by atoms with Crippen LogP contribution in [-0.4, -0.2) is 35.0 Å². The lowest BCUT2D eigenvalue weighted by atomic mass is 9.96. The number of hydrogen-bond donors (Lipinski definition) is 1. The third-order valence-corrected chi connectivity index (χ3v) is 5.92. The second-order valence-corrected chi connectivity index (χ2v) is 7.57. The molecule has 2 aromatic carbocycles. The molecule has 1 heterocycles. The zero-order chi connectivity index (χ0) is 19.4. The van der Waals surface area contributed by atoms with Gasteiger partial charge in [0.15, 0.2) is 0 Å². The van der Waals surface area contributed by atoms with Gasteiger partial charge in [0.05, 0.1) is 5.92 Å². The van der Waals surface area contributed by atoms with E-state index < -0.39 is 28.8 Å². The van der Waals surface area contributed by atoms with Crippen LogP contribution in [0.25, 0.3) is 0 Å². The highest BCUT2D eigenvalue weighted by molar-refractivity contribution is 8.00. The van der Waals surface area contributed by atoms with Crippen LogP contribution in [0.15, 0.2) is 53.4 Å². The quantitative estimate of drug-likeness (QED) is 0.779. The minimum atomic E-state index is -0.843. The van der Waals surface area contributed by atoms with Gasteiger partial charge in [0.1, 0.15) is 16.9 Å². The lowest BCUT2D eigenvalue weighted by molar-refractivity contribution is -0.145. The Balaban J connectivity index is 1.82. The average molecular weight is 391 g/mol. The molecule has 1 aliphatic heterocycles. The van der Waals surface area contributed by atoms with Crippen molar-refractivity contribution in [3.8, 4) is 0 Å². The van der Waals surface area contributed by atoms with Crippen LogP contribution in [-0.2, 0) is 9.59 Å². The highest BCUT2D eigenvalue weighted by Gasteiger charge is 2.32. The number of amides is 1. The average Bonchev–Trinajstić information content (AvgIpc) is 2.67. The van der Waals surface area contributed by atoms with Gasteiger partial charge in [-0.05, 0) is 30.5 Å². The van der Waals surface area contributed by atoms with Crippen molar-refractivity contribution in [2.45, 2.75) is 23.0 Å². The first-order valence-electron chi connectivity index (χ1n) is 8.64. The molecule has 0 aromatic heterocycles. The van der Waals surface area contributed by atoms with Crippen LogP contribution >= 0.6 is 11.8 Å². The lowest BCUT2D eigenvalue weighted by Gasteiger charge is -2.33. The summed E-state index contributed by atoms with van der Waals surface area (Å²) in [6.07, 6.45) is 0.802. The van der Waals surface area contributed by atoms with Crippen molar-refractivity contribution in [3.05, 3.63) is 65.7 Å². The van der Waals surface area contributed by atoms with E-state index in [-0.39, 0.29) is 10.8 Å².